The Morgan fingerprint density at radius 2 is 2.00 bits per heavy atom. The molecule has 0 radical (unpaired) electrons. The van der Waals surface area contributed by atoms with Crippen LogP contribution in [-0.4, -0.2) is 12.5 Å². The molecule has 1 aromatic rings. The summed E-state index contributed by atoms with van der Waals surface area (Å²) in [5, 5.41) is 0. The molecule has 1 aromatic carbocycles. The first-order valence-corrected chi connectivity index (χ1v) is 3.98. The maximum Gasteiger partial charge on any atom is 0.154 e. The molecule has 0 unspecified atom stereocenters. The molecule has 0 aliphatic rings. The topological polar surface area (TPSA) is 29.4 Å². The van der Waals surface area contributed by atoms with E-state index in [1.165, 1.54) is 13.0 Å². The summed E-state index contributed by atoms with van der Waals surface area (Å²) in [5.41, 5.74) is 1.53. The van der Waals surface area contributed by atoms with Crippen LogP contribution in [-0.2, 0) is 4.79 Å². The second-order valence-corrected chi connectivity index (χ2v) is 2.66. The number of hydrogen-bond acceptors (Lipinski definition) is 2. The van der Waals surface area contributed by atoms with Gasteiger partial charge in [-0.3, -0.25) is 9.79 Å². The van der Waals surface area contributed by atoms with E-state index in [0.29, 0.717) is 5.70 Å². The normalized spacial score (nSPS) is 11.0. The maximum absolute atomic E-state index is 10.8. The smallest absolute Gasteiger partial charge is 0.154 e. The lowest BCUT2D eigenvalue weighted by Gasteiger charge is -1.98. The molecule has 0 aliphatic heterocycles. The largest absolute Gasteiger partial charge is 0.295 e. The number of hydrogen-bond donors (Lipinski definition) is 0. The van der Waals surface area contributed by atoms with Crippen LogP contribution >= 0.6 is 0 Å². The lowest BCUT2D eigenvalue weighted by atomic mass is 10.1. The minimum Gasteiger partial charge on any atom is -0.295 e. The molecule has 2 nitrogen and oxygen atoms in total. The Hall–Kier alpha value is -1.70. The van der Waals surface area contributed by atoms with E-state index in [4.69, 9.17) is 0 Å². The molecule has 0 heterocycles. The zero-order chi connectivity index (χ0) is 9.68. The van der Waals surface area contributed by atoms with Crippen LogP contribution in [0, 0.1) is 0 Å². The highest BCUT2D eigenvalue weighted by atomic mass is 16.1. The van der Waals surface area contributed by atoms with Crippen molar-refractivity contribution >= 4 is 18.2 Å². The van der Waals surface area contributed by atoms with Crippen LogP contribution in [0.3, 0.4) is 0 Å². The summed E-state index contributed by atoms with van der Waals surface area (Å²) in [6.45, 7) is 4.91. The molecular weight excluding hydrogens is 162 g/mol. The predicted octanol–water partition coefficient (Wildman–Crippen LogP) is 2.32. The number of nitrogens with zero attached hydrogens (tertiary/aromatic N) is 1. The van der Waals surface area contributed by atoms with Crippen molar-refractivity contribution < 1.29 is 4.79 Å². The Balaban J connectivity index is 3.05. The molecule has 13 heavy (non-hydrogen) atoms. The zero-order valence-corrected chi connectivity index (χ0v) is 7.53. The summed E-state index contributed by atoms with van der Waals surface area (Å²) in [4.78, 5) is 14.6. The third kappa shape index (κ3) is 2.67. The maximum atomic E-state index is 10.8. The summed E-state index contributed by atoms with van der Waals surface area (Å²) in [6, 6.07) is 9.49. The molecular formula is C11H11NO. The van der Waals surface area contributed by atoms with Gasteiger partial charge in [-0.05, 0) is 13.6 Å². The molecule has 0 atom stereocenters. The Kier molecular flexibility index (Phi) is 3.15. The van der Waals surface area contributed by atoms with Crippen molar-refractivity contribution in [3.05, 3.63) is 42.0 Å². The van der Waals surface area contributed by atoms with E-state index in [1.54, 1.807) is 0 Å². The van der Waals surface area contributed by atoms with Gasteiger partial charge in [-0.2, -0.15) is 0 Å². The standard InChI is InChI=1S/C11H11NO/c1-9(13)8-11(12-2)10-6-4-3-5-7-10/h3-8H,2H2,1H3/b11-8-. The van der Waals surface area contributed by atoms with Gasteiger partial charge in [-0.1, -0.05) is 30.3 Å². The molecule has 0 aromatic heterocycles. The molecule has 0 bridgehead atoms. The first-order chi connectivity index (χ1) is 6.24. The molecule has 0 aliphatic carbocycles. The van der Waals surface area contributed by atoms with E-state index < -0.39 is 0 Å². The third-order valence-electron chi connectivity index (χ3n) is 1.58. The van der Waals surface area contributed by atoms with Crippen molar-refractivity contribution in [2.45, 2.75) is 6.92 Å². The van der Waals surface area contributed by atoms with Crippen LogP contribution in [0.25, 0.3) is 5.70 Å². The summed E-state index contributed by atoms with van der Waals surface area (Å²) < 4.78 is 0. The van der Waals surface area contributed by atoms with Crippen molar-refractivity contribution in [2.24, 2.45) is 4.99 Å². The number of carbonyl (C=O) groups is 1. The summed E-state index contributed by atoms with van der Waals surface area (Å²) in [5.74, 6) is -0.0220. The van der Waals surface area contributed by atoms with E-state index in [-0.39, 0.29) is 5.78 Å². The van der Waals surface area contributed by atoms with E-state index in [9.17, 15) is 4.79 Å². The first-order valence-electron chi connectivity index (χ1n) is 3.98. The molecule has 0 saturated carbocycles. The van der Waals surface area contributed by atoms with Crippen molar-refractivity contribution in [1.29, 1.82) is 0 Å². The van der Waals surface area contributed by atoms with Crippen LogP contribution in [0.2, 0.25) is 0 Å². The van der Waals surface area contributed by atoms with Crippen molar-refractivity contribution in [2.75, 3.05) is 0 Å². The highest BCUT2D eigenvalue weighted by Crippen LogP contribution is 2.14. The second-order valence-electron chi connectivity index (χ2n) is 2.66. The molecule has 0 saturated heterocycles. The number of carbonyl (C=O) groups excluding carboxylic acids is 1. The lowest BCUT2D eigenvalue weighted by Crippen LogP contribution is -1.86. The van der Waals surface area contributed by atoms with Gasteiger partial charge in [0.15, 0.2) is 5.78 Å². The van der Waals surface area contributed by atoms with Gasteiger partial charge < -0.3 is 0 Å². The SMILES string of the molecule is C=N/C(=C\C(C)=O)c1ccccc1. The van der Waals surface area contributed by atoms with Crippen LogP contribution in [0.5, 0.6) is 0 Å². The van der Waals surface area contributed by atoms with Crippen molar-refractivity contribution in [1.82, 2.24) is 0 Å². The molecule has 0 N–H and O–H groups in total. The van der Waals surface area contributed by atoms with Crippen molar-refractivity contribution in [3.8, 4) is 0 Å². The Morgan fingerprint density at radius 3 is 2.46 bits per heavy atom. The van der Waals surface area contributed by atoms with Gasteiger partial charge in [0.25, 0.3) is 0 Å². The Bertz CT molecular complexity index is 338. The first kappa shape index (κ1) is 9.39. The fourth-order valence-corrected chi connectivity index (χ4v) is 1.02. The molecule has 66 valence electrons. The summed E-state index contributed by atoms with van der Waals surface area (Å²) >= 11 is 0. The highest BCUT2D eigenvalue weighted by Gasteiger charge is 1.98. The monoisotopic (exact) mass is 173 g/mol. The fraction of sp³-hybridized carbons (Fsp3) is 0.0909. The fourth-order valence-electron chi connectivity index (χ4n) is 1.02. The van der Waals surface area contributed by atoms with Crippen LogP contribution < -0.4 is 0 Å². The highest BCUT2D eigenvalue weighted by molar-refractivity contribution is 5.95. The Morgan fingerprint density at radius 1 is 1.38 bits per heavy atom. The second kappa shape index (κ2) is 4.36. The number of benzene rings is 1. The van der Waals surface area contributed by atoms with E-state index in [1.807, 2.05) is 30.3 Å². The minimum absolute atomic E-state index is 0.0220. The van der Waals surface area contributed by atoms with Gasteiger partial charge in [-0.25, -0.2) is 0 Å². The predicted molar refractivity (Wildman–Crippen MR) is 54.6 cm³/mol. The molecule has 0 fully saturated rings. The number of allylic oxidation sites excluding steroid dienone is 1. The molecule has 2 heteroatoms. The van der Waals surface area contributed by atoms with Gasteiger partial charge in [0, 0.05) is 11.6 Å². The van der Waals surface area contributed by atoms with E-state index in [2.05, 4.69) is 11.7 Å². The van der Waals surface area contributed by atoms with Crippen LogP contribution in [0.15, 0.2) is 41.4 Å². The third-order valence-corrected chi connectivity index (χ3v) is 1.58. The minimum atomic E-state index is -0.0220. The zero-order valence-electron chi connectivity index (χ0n) is 7.53. The summed E-state index contributed by atoms with van der Waals surface area (Å²) in [7, 11) is 0. The Labute approximate surface area is 77.6 Å². The average Bonchev–Trinajstić information content (AvgIpc) is 2.15. The van der Waals surface area contributed by atoms with Gasteiger partial charge in [0.1, 0.15) is 0 Å². The molecule has 0 spiro atoms. The number of rotatable bonds is 3. The van der Waals surface area contributed by atoms with Crippen molar-refractivity contribution in [3.63, 3.8) is 0 Å². The number of ketones is 1. The summed E-state index contributed by atoms with van der Waals surface area (Å²) in [6.07, 6.45) is 1.47. The van der Waals surface area contributed by atoms with Gasteiger partial charge in [0.2, 0.25) is 0 Å². The lowest BCUT2D eigenvalue weighted by molar-refractivity contribution is -0.112. The number of aliphatic imine (C=N–C) groups is 1. The van der Waals surface area contributed by atoms with Crippen LogP contribution in [0.4, 0.5) is 0 Å². The van der Waals surface area contributed by atoms with Gasteiger partial charge in [-0.15, -0.1) is 0 Å². The molecule has 0 amide bonds. The average molecular weight is 173 g/mol. The van der Waals surface area contributed by atoms with Gasteiger partial charge in [0.05, 0.1) is 5.70 Å². The quantitative estimate of drug-likeness (QED) is 0.509. The van der Waals surface area contributed by atoms with E-state index >= 15 is 0 Å². The van der Waals surface area contributed by atoms with Crippen LogP contribution in [0.1, 0.15) is 12.5 Å². The van der Waals surface area contributed by atoms with E-state index in [0.717, 1.165) is 5.56 Å². The van der Waals surface area contributed by atoms with Gasteiger partial charge >= 0.3 is 0 Å². The molecule has 1 rings (SSSR count).